The molecule has 1 aliphatic heterocycles. The molecule has 2 aromatic rings. The van der Waals surface area contributed by atoms with Gasteiger partial charge in [-0.3, -0.25) is 4.99 Å². The Morgan fingerprint density at radius 3 is 2.75 bits per heavy atom. The first-order valence-corrected chi connectivity index (χ1v) is 9.54. The monoisotopic (exact) mass is 500 g/mol. The van der Waals surface area contributed by atoms with Gasteiger partial charge in [-0.05, 0) is 31.9 Å². The van der Waals surface area contributed by atoms with Gasteiger partial charge in [0, 0.05) is 44.0 Å². The Bertz CT molecular complexity index is 752. The zero-order valence-electron chi connectivity index (χ0n) is 16.4. The maximum atomic E-state index is 11.6. The summed E-state index contributed by atoms with van der Waals surface area (Å²) in [6.07, 6.45) is 2.26. The molecule has 154 valence electrons. The van der Waals surface area contributed by atoms with Crippen LogP contribution in [0.25, 0.3) is 11.0 Å². The van der Waals surface area contributed by atoms with Crippen LogP contribution in [-0.4, -0.2) is 56.3 Å². The van der Waals surface area contributed by atoms with Crippen LogP contribution in [0.1, 0.15) is 25.5 Å². The normalized spacial score (nSPS) is 15.2. The molecule has 1 aliphatic rings. The number of likely N-dealkylation sites (tertiary alicyclic amines) is 1. The Morgan fingerprint density at radius 1 is 1.32 bits per heavy atom. The first kappa shape index (κ1) is 22.3. The van der Waals surface area contributed by atoms with Gasteiger partial charge in [-0.1, -0.05) is 18.2 Å². The summed E-state index contributed by atoms with van der Waals surface area (Å²) < 4.78 is 10.6. The van der Waals surface area contributed by atoms with E-state index in [1.54, 1.807) is 4.90 Å². The van der Waals surface area contributed by atoms with Gasteiger partial charge in [0.1, 0.15) is 11.3 Å². The number of nitrogens with one attached hydrogen (secondary N) is 2. The van der Waals surface area contributed by atoms with Crippen LogP contribution in [0.15, 0.2) is 39.7 Å². The molecule has 3 rings (SSSR count). The van der Waals surface area contributed by atoms with E-state index in [1.165, 1.54) is 7.11 Å². The maximum absolute atomic E-state index is 11.6. The number of fused-ring (bicyclic) bond motifs is 1. The lowest BCUT2D eigenvalue weighted by molar-refractivity contribution is 0.111. The fraction of sp³-hybridized carbons (Fsp3) is 0.500. The van der Waals surface area contributed by atoms with E-state index < -0.39 is 0 Å². The molecule has 28 heavy (non-hydrogen) atoms. The lowest BCUT2D eigenvalue weighted by Crippen LogP contribution is -2.49. The fourth-order valence-corrected chi connectivity index (χ4v) is 3.29. The zero-order chi connectivity index (χ0) is 19.1. The summed E-state index contributed by atoms with van der Waals surface area (Å²) >= 11 is 0. The Kier molecular flexibility index (Phi) is 8.88. The first-order chi connectivity index (χ1) is 13.2. The number of carbonyl (C=O) groups is 1. The third kappa shape index (κ3) is 6.02. The van der Waals surface area contributed by atoms with Crippen LogP contribution in [0.2, 0.25) is 0 Å². The number of halogens is 1. The minimum atomic E-state index is -0.250. The van der Waals surface area contributed by atoms with E-state index in [0.29, 0.717) is 25.7 Å². The molecular weight excluding hydrogens is 471 g/mol. The molecule has 8 heteroatoms. The van der Waals surface area contributed by atoms with Gasteiger partial charge < -0.3 is 24.7 Å². The van der Waals surface area contributed by atoms with E-state index in [9.17, 15) is 4.79 Å². The number of rotatable bonds is 5. The Labute approximate surface area is 182 Å². The summed E-state index contributed by atoms with van der Waals surface area (Å²) in [7, 11) is 1.42. The number of nitrogens with zero attached hydrogens (tertiary/aromatic N) is 2. The molecule has 0 atom stereocenters. The number of methoxy groups -OCH3 is 1. The molecule has 1 aromatic carbocycles. The van der Waals surface area contributed by atoms with Crippen molar-refractivity contribution in [3.63, 3.8) is 0 Å². The van der Waals surface area contributed by atoms with Crippen LogP contribution in [0, 0.1) is 0 Å². The molecule has 1 fully saturated rings. The minimum Gasteiger partial charge on any atom is -0.461 e. The summed E-state index contributed by atoms with van der Waals surface area (Å²) in [5, 5.41) is 7.89. The van der Waals surface area contributed by atoms with Crippen LogP contribution < -0.4 is 10.6 Å². The average Bonchev–Trinajstić information content (AvgIpc) is 3.11. The largest absolute Gasteiger partial charge is 0.461 e. The van der Waals surface area contributed by atoms with Crippen molar-refractivity contribution in [2.24, 2.45) is 4.99 Å². The second-order valence-corrected chi connectivity index (χ2v) is 6.64. The molecule has 0 radical (unpaired) electrons. The predicted molar refractivity (Wildman–Crippen MR) is 121 cm³/mol. The van der Waals surface area contributed by atoms with Gasteiger partial charge in [0.15, 0.2) is 5.96 Å². The molecular formula is C20H29IN4O3. The van der Waals surface area contributed by atoms with Crippen molar-refractivity contribution < 1.29 is 13.9 Å². The van der Waals surface area contributed by atoms with Crippen molar-refractivity contribution >= 4 is 47.0 Å². The van der Waals surface area contributed by atoms with Crippen LogP contribution in [0.3, 0.4) is 0 Å². The van der Waals surface area contributed by atoms with E-state index in [4.69, 9.17) is 9.15 Å². The predicted octanol–water partition coefficient (Wildman–Crippen LogP) is 3.38. The van der Waals surface area contributed by atoms with Crippen molar-refractivity contribution in [1.29, 1.82) is 0 Å². The number of guanidine groups is 1. The maximum Gasteiger partial charge on any atom is 0.409 e. The van der Waals surface area contributed by atoms with Gasteiger partial charge in [0.25, 0.3) is 0 Å². The number of para-hydroxylation sites is 1. The standard InChI is InChI=1S/C20H28N4O3.HI/c1-3-21-19(23-16-9-12-24(13-10-16)20(25)26-2)22-11-8-17-14-15-6-4-5-7-18(15)27-17;/h4-7,14,16H,3,8-13H2,1-2H3,(H2,21,22,23);1H. The molecule has 1 aromatic heterocycles. The SMILES string of the molecule is CCNC(=NCCc1cc2ccccc2o1)NC1CCN(C(=O)OC)CC1.I. The summed E-state index contributed by atoms with van der Waals surface area (Å²) in [5.74, 6) is 1.76. The van der Waals surface area contributed by atoms with E-state index in [1.807, 2.05) is 18.2 Å². The number of carbonyl (C=O) groups excluding carboxylic acids is 1. The molecule has 0 spiro atoms. The van der Waals surface area contributed by atoms with Gasteiger partial charge in [-0.25, -0.2) is 4.79 Å². The van der Waals surface area contributed by atoms with Gasteiger partial charge in [-0.2, -0.15) is 0 Å². The van der Waals surface area contributed by atoms with Crippen LogP contribution in [0.4, 0.5) is 4.79 Å². The topological polar surface area (TPSA) is 79.1 Å². The van der Waals surface area contributed by atoms with Gasteiger partial charge in [0.05, 0.1) is 7.11 Å². The summed E-state index contributed by atoms with van der Waals surface area (Å²) in [6, 6.07) is 10.4. The summed E-state index contributed by atoms with van der Waals surface area (Å²) in [5.41, 5.74) is 0.916. The van der Waals surface area contributed by atoms with Crippen molar-refractivity contribution in [2.45, 2.75) is 32.2 Å². The fourth-order valence-electron chi connectivity index (χ4n) is 3.29. The van der Waals surface area contributed by atoms with Gasteiger partial charge in [-0.15, -0.1) is 24.0 Å². The Hall–Kier alpha value is -1.97. The molecule has 7 nitrogen and oxygen atoms in total. The number of aliphatic imine (C=N–C) groups is 1. The number of hydrogen-bond donors (Lipinski definition) is 2. The lowest BCUT2D eigenvalue weighted by atomic mass is 10.1. The third-order valence-corrected chi connectivity index (χ3v) is 4.72. The number of furan rings is 1. The van der Waals surface area contributed by atoms with Gasteiger partial charge >= 0.3 is 6.09 Å². The van der Waals surface area contributed by atoms with Crippen LogP contribution in [0.5, 0.6) is 0 Å². The third-order valence-electron chi connectivity index (χ3n) is 4.72. The number of ether oxygens (including phenoxy) is 1. The molecule has 2 N–H and O–H groups in total. The molecule has 0 unspecified atom stereocenters. The molecule has 2 heterocycles. The molecule has 1 saturated heterocycles. The van der Waals surface area contributed by atoms with Crippen molar-refractivity contribution in [3.05, 3.63) is 36.1 Å². The highest BCUT2D eigenvalue weighted by atomic mass is 127. The average molecular weight is 500 g/mol. The quantitative estimate of drug-likeness (QED) is 0.374. The second-order valence-electron chi connectivity index (χ2n) is 6.64. The highest BCUT2D eigenvalue weighted by molar-refractivity contribution is 14.0. The van der Waals surface area contributed by atoms with E-state index >= 15 is 0 Å². The highest BCUT2D eigenvalue weighted by Gasteiger charge is 2.23. The summed E-state index contributed by atoms with van der Waals surface area (Å²) in [6.45, 7) is 4.90. The molecule has 0 bridgehead atoms. The Morgan fingerprint density at radius 2 is 2.07 bits per heavy atom. The minimum absolute atomic E-state index is 0. The molecule has 0 aliphatic carbocycles. The van der Waals surface area contributed by atoms with E-state index in [0.717, 1.165) is 48.5 Å². The zero-order valence-corrected chi connectivity index (χ0v) is 18.8. The number of amides is 1. The Balaban J connectivity index is 0.00000280. The highest BCUT2D eigenvalue weighted by Crippen LogP contribution is 2.19. The van der Waals surface area contributed by atoms with Crippen LogP contribution in [-0.2, 0) is 11.2 Å². The second kappa shape index (κ2) is 11.1. The van der Waals surface area contributed by atoms with E-state index in [-0.39, 0.29) is 30.1 Å². The van der Waals surface area contributed by atoms with Crippen LogP contribution >= 0.6 is 24.0 Å². The number of benzene rings is 1. The van der Waals surface area contributed by atoms with Gasteiger partial charge in [0.2, 0.25) is 0 Å². The van der Waals surface area contributed by atoms with Crippen molar-refractivity contribution in [1.82, 2.24) is 15.5 Å². The van der Waals surface area contributed by atoms with Crippen molar-refractivity contribution in [3.8, 4) is 0 Å². The lowest BCUT2D eigenvalue weighted by Gasteiger charge is -2.32. The van der Waals surface area contributed by atoms with E-state index in [2.05, 4.69) is 34.7 Å². The van der Waals surface area contributed by atoms with Crippen molar-refractivity contribution in [2.75, 3.05) is 33.3 Å². The smallest absolute Gasteiger partial charge is 0.409 e. The molecule has 0 saturated carbocycles. The first-order valence-electron chi connectivity index (χ1n) is 9.54. The summed E-state index contributed by atoms with van der Waals surface area (Å²) in [4.78, 5) is 18.0. The number of hydrogen-bond acceptors (Lipinski definition) is 4. The number of piperidine rings is 1. The molecule has 1 amide bonds.